The monoisotopic (exact) mass is 379 g/mol. The number of rotatable bonds is 6. The van der Waals surface area contributed by atoms with Crippen LogP contribution in [0.4, 0.5) is 0 Å². The summed E-state index contributed by atoms with van der Waals surface area (Å²) < 4.78 is 1.99. The quantitative estimate of drug-likeness (QED) is 0.657. The molecule has 2 aromatic carbocycles. The first-order valence-electron chi connectivity index (χ1n) is 9.49. The van der Waals surface area contributed by atoms with E-state index in [1.165, 1.54) is 16.7 Å². The Labute approximate surface area is 164 Å². The maximum absolute atomic E-state index is 4.46. The van der Waals surface area contributed by atoms with Crippen molar-refractivity contribution in [2.45, 2.75) is 25.9 Å². The van der Waals surface area contributed by atoms with E-state index >= 15 is 0 Å². The highest BCUT2D eigenvalue weighted by Crippen LogP contribution is 2.29. The number of nitrogens with zero attached hydrogens (tertiary/aromatic N) is 5. The summed E-state index contributed by atoms with van der Waals surface area (Å²) in [6, 6.07) is 19.4. The van der Waals surface area contributed by atoms with Gasteiger partial charge in [-0.3, -0.25) is 4.90 Å². The fourth-order valence-electron chi connectivity index (χ4n) is 3.55. The highest BCUT2D eigenvalue weighted by molar-refractivity contribution is 7.99. The summed E-state index contributed by atoms with van der Waals surface area (Å²) in [6.07, 6.45) is 0.926. The third-order valence-corrected chi connectivity index (χ3v) is 6.01. The second-order valence-corrected chi connectivity index (χ2v) is 8.18. The molecule has 1 aliphatic rings. The number of hydrogen-bond donors (Lipinski definition) is 0. The van der Waals surface area contributed by atoms with Crippen molar-refractivity contribution < 1.29 is 0 Å². The molecule has 6 heteroatoms. The first-order valence-corrected chi connectivity index (χ1v) is 10.6. The van der Waals surface area contributed by atoms with Crippen LogP contribution in [0.25, 0.3) is 0 Å². The van der Waals surface area contributed by atoms with Crippen molar-refractivity contribution in [2.75, 3.05) is 24.6 Å². The first-order chi connectivity index (χ1) is 13.3. The first kappa shape index (κ1) is 18.2. The highest BCUT2D eigenvalue weighted by atomic mass is 32.2. The number of aromatic nitrogens is 4. The van der Waals surface area contributed by atoms with Crippen LogP contribution < -0.4 is 0 Å². The fraction of sp³-hybridized carbons (Fsp3) is 0.381. The van der Waals surface area contributed by atoms with Gasteiger partial charge in [0.1, 0.15) is 0 Å². The number of tetrazole rings is 1. The molecule has 1 fully saturated rings. The minimum Gasteiger partial charge on any atom is -0.288 e. The van der Waals surface area contributed by atoms with Crippen molar-refractivity contribution in [2.24, 2.45) is 0 Å². The number of benzene rings is 2. The van der Waals surface area contributed by atoms with Crippen LogP contribution in [0.2, 0.25) is 0 Å². The lowest BCUT2D eigenvalue weighted by atomic mass is 10.0. The maximum atomic E-state index is 4.46. The minimum atomic E-state index is 0.109. The van der Waals surface area contributed by atoms with Crippen LogP contribution in [0.5, 0.6) is 0 Å². The van der Waals surface area contributed by atoms with Gasteiger partial charge in [0.25, 0.3) is 0 Å². The molecule has 0 spiro atoms. The van der Waals surface area contributed by atoms with Gasteiger partial charge >= 0.3 is 0 Å². The van der Waals surface area contributed by atoms with Crippen molar-refractivity contribution in [3.8, 4) is 0 Å². The molecule has 2 heterocycles. The van der Waals surface area contributed by atoms with Crippen LogP contribution in [-0.4, -0.2) is 49.7 Å². The Morgan fingerprint density at radius 2 is 1.74 bits per heavy atom. The van der Waals surface area contributed by atoms with Crippen LogP contribution >= 0.6 is 11.8 Å². The van der Waals surface area contributed by atoms with Crippen molar-refractivity contribution >= 4 is 11.8 Å². The zero-order chi connectivity index (χ0) is 18.5. The van der Waals surface area contributed by atoms with Crippen LogP contribution in [0.3, 0.4) is 0 Å². The molecule has 1 aromatic heterocycles. The molecule has 1 aliphatic heterocycles. The zero-order valence-electron chi connectivity index (χ0n) is 15.7. The average molecular weight is 380 g/mol. The van der Waals surface area contributed by atoms with E-state index in [0.717, 1.165) is 43.4 Å². The van der Waals surface area contributed by atoms with E-state index < -0.39 is 0 Å². The largest absolute Gasteiger partial charge is 0.288 e. The molecule has 1 atom stereocenters. The molecule has 0 amide bonds. The van der Waals surface area contributed by atoms with Gasteiger partial charge in [-0.25, -0.2) is 4.68 Å². The van der Waals surface area contributed by atoms with E-state index in [-0.39, 0.29) is 6.04 Å². The summed E-state index contributed by atoms with van der Waals surface area (Å²) in [7, 11) is 0. The minimum absolute atomic E-state index is 0.109. The molecule has 140 valence electrons. The molecule has 27 heavy (non-hydrogen) atoms. The standard InChI is InChI=1S/C21H25N5S/c1-17-7-9-19(10-8-17)20(25-13-15-27-16-14-25)21-22-23-24-26(21)12-11-18-5-3-2-4-6-18/h2-10,20H,11-16H2,1H3/t20-/m0/s1. The predicted octanol–water partition coefficient (Wildman–Crippen LogP) is 3.36. The average Bonchev–Trinajstić information content (AvgIpc) is 3.18. The van der Waals surface area contributed by atoms with E-state index in [1.54, 1.807) is 0 Å². The summed E-state index contributed by atoms with van der Waals surface area (Å²) in [4.78, 5) is 2.52. The summed E-state index contributed by atoms with van der Waals surface area (Å²) in [5, 5.41) is 12.8. The lowest BCUT2D eigenvalue weighted by molar-refractivity contribution is 0.234. The third kappa shape index (κ3) is 4.39. The molecule has 0 N–H and O–H groups in total. The Kier molecular flexibility index (Phi) is 5.84. The summed E-state index contributed by atoms with van der Waals surface area (Å²) in [5.41, 5.74) is 3.85. The van der Waals surface area contributed by atoms with Gasteiger partial charge in [0.15, 0.2) is 5.82 Å². The molecule has 0 unspecified atom stereocenters. The Hall–Kier alpha value is -2.18. The Morgan fingerprint density at radius 3 is 2.48 bits per heavy atom. The SMILES string of the molecule is Cc1ccc([C@@H](c2nnnn2CCc2ccccc2)N2CCSCC2)cc1. The lowest BCUT2D eigenvalue weighted by Crippen LogP contribution is -2.38. The number of aryl methyl sites for hydroxylation is 3. The van der Waals surface area contributed by atoms with Crippen molar-refractivity contribution in [1.29, 1.82) is 0 Å². The normalized spacial score (nSPS) is 16.3. The lowest BCUT2D eigenvalue weighted by Gasteiger charge is -2.33. The molecule has 3 aromatic rings. The van der Waals surface area contributed by atoms with E-state index in [0.29, 0.717) is 0 Å². The zero-order valence-corrected chi connectivity index (χ0v) is 16.5. The molecule has 1 saturated heterocycles. The van der Waals surface area contributed by atoms with Crippen LogP contribution in [0, 0.1) is 6.92 Å². The number of thioether (sulfide) groups is 1. The molecular formula is C21H25N5S. The van der Waals surface area contributed by atoms with E-state index in [4.69, 9.17) is 0 Å². The van der Waals surface area contributed by atoms with Gasteiger partial charge in [0, 0.05) is 31.1 Å². The maximum Gasteiger partial charge on any atom is 0.173 e. The summed E-state index contributed by atoms with van der Waals surface area (Å²) >= 11 is 2.02. The van der Waals surface area contributed by atoms with Crippen molar-refractivity contribution in [3.05, 3.63) is 77.1 Å². The van der Waals surface area contributed by atoms with Gasteiger partial charge in [-0.1, -0.05) is 60.2 Å². The van der Waals surface area contributed by atoms with Gasteiger partial charge < -0.3 is 0 Å². The van der Waals surface area contributed by atoms with E-state index in [1.807, 2.05) is 22.5 Å². The molecule has 0 aliphatic carbocycles. The molecule has 0 saturated carbocycles. The van der Waals surface area contributed by atoms with Gasteiger partial charge in [-0.05, 0) is 34.9 Å². The molecule has 0 bridgehead atoms. The van der Waals surface area contributed by atoms with Gasteiger partial charge in [-0.15, -0.1) is 5.10 Å². The van der Waals surface area contributed by atoms with Gasteiger partial charge in [0.2, 0.25) is 0 Å². The summed E-state index contributed by atoms with van der Waals surface area (Å²) in [6.45, 7) is 5.04. The number of hydrogen-bond acceptors (Lipinski definition) is 5. The van der Waals surface area contributed by atoms with Crippen LogP contribution in [0.15, 0.2) is 54.6 Å². The molecule has 4 rings (SSSR count). The van der Waals surface area contributed by atoms with E-state index in [2.05, 4.69) is 75.9 Å². The summed E-state index contributed by atoms with van der Waals surface area (Å²) in [5.74, 6) is 3.27. The second-order valence-electron chi connectivity index (χ2n) is 6.96. The Bertz CT molecular complexity index is 841. The van der Waals surface area contributed by atoms with Crippen LogP contribution in [0.1, 0.15) is 28.6 Å². The van der Waals surface area contributed by atoms with Crippen molar-refractivity contribution in [3.63, 3.8) is 0 Å². The van der Waals surface area contributed by atoms with Gasteiger partial charge in [-0.2, -0.15) is 11.8 Å². The molecule has 5 nitrogen and oxygen atoms in total. The predicted molar refractivity (Wildman–Crippen MR) is 110 cm³/mol. The van der Waals surface area contributed by atoms with Crippen molar-refractivity contribution in [1.82, 2.24) is 25.1 Å². The Balaban J connectivity index is 1.62. The smallest absolute Gasteiger partial charge is 0.173 e. The third-order valence-electron chi connectivity index (χ3n) is 5.06. The molecule has 0 radical (unpaired) electrons. The van der Waals surface area contributed by atoms with E-state index in [9.17, 15) is 0 Å². The fourth-order valence-corrected chi connectivity index (χ4v) is 4.49. The van der Waals surface area contributed by atoms with Gasteiger partial charge in [0.05, 0.1) is 6.04 Å². The highest BCUT2D eigenvalue weighted by Gasteiger charge is 2.28. The molecular weight excluding hydrogens is 354 g/mol. The topological polar surface area (TPSA) is 46.8 Å². The second kappa shape index (κ2) is 8.67. The van der Waals surface area contributed by atoms with Crippen LogP contribution in [-0.2, 0) is 13.0 Å². The Morgan fingerprint density at radius 1 is 1.00 bits per heavy atom.